The molecule has 0 N–H and O–H groups in total. The first-order chi connectivity index (χ1) is 51.7. The maximum absolute atomic E-state index is 2.86. The largest absolute Gasteiger partial charge is 0.340 e. The van der Waals surface area contributed by atoms with Crippen LogP contribution >= 0.6 is 23.5 Å². The Morgan fingerprint density at radius 1 is 0.286 bits per heavy atom. The Balaban J connectivity index is 0.960. The number of fused-ring (bicyclic) bond motifs is 9. The number of hydrogen-bond donors (Lipinski definition) is 0. The number of nitrogens with zero attached hydrogens (tertiary/aromatic N) is 1. The summed E-state index contributed by atoms with van der Waals surface area (Å²) in [6.07, 6.45) is 59.1. The van der Waals surface area contributed by atoms with E-state index in [4.69, 9.17) is 0 Å². The number of hydrogen-bond acceptors (Lipinski definition) is 2. The van der Waals surface area contributed by atoms with Gasteiger partial charge in [-0.15, -0.1) is 23.5 Å². The summed E-state index contributed by atoms with van der Waals surface area (Å²) in [6.45, 7) is 20.0. The van der Waals surface area contributed by atoms with Gasteiger partial charge < -0.3 is 4.57 Å². The first-order valence-electron chi connectivity index (χ1n) is 42.5. The third kappa shape index (κ3) is 20.5. The van der Waals surface area contributed by atoms with Crippen LogP contribution in [0.5, 0.6) is 0 Å². The van der Waals surface area contributed by atoms with Crippen molar-refractivity contribution in [3.8, 4) is 22.3 Å². The lowest BCUT2D eigenvalue weighted by molar-refractivity contribution is 0.399. The molecule has 0 saturated heterocycles. The Bertz CT molecular complexity index is 3970. The molecule has 105 heavy (non-hydrogen) atoms. The summed E-state index contributed by atoms with van der Waals surface area (Å²) >= 11 is 3.98. The van der Waals surface area contributed by atoms with Gasteiger partial charge in [0.25, 0.3) is 0 Å². The molecule has 0 amide bonds. The van der Waals surface area contributed by atoms with E-state index in [1.54, 1.807) is 22.3 Å². The van der Waals surface area contributed by atoms with Gasteiger partial charge in [0, 0.05) is 49.0 Å². The average Bonchev–Trinajstić information content (AvgIpc) is 1.53. The van der Waals surface area contributed by atoms with Gasteiger partial charge in [-0.25, -0.2) is 0 Å². The monoisotopic (exact) mass is 1430 g/mol. The molecule has 1 atom stereocenters. The molecule has 1 nitrogen and oxygen atoms in total. The zero-order valence-electron chi connectivity index (χ0n) is 66.2. The van der Waals surface area contributed by atoms with Crippen molar-refractivity contribution in [2.24, 2.45) is 5.92 Å². The average molecular weight is 1430 g/mol. The van der Waals surface area contributed by atoms with Crippen LogP contribution in [-0.4, -0.2) is 16.1 Å². The van der Waals surface area contributed by atoms with E-state index in [2.05, 4.69) is 266 Å². The molecule has 11 rings (SSSR count). The zero-order valence-corrected chi connectivity index (χ0v) is 67.9. The van der Waals surface area contributed by atoms with E-state index >= 15 is 0 Å². The van der Waals surface area contributed by atoms with E-state index < -0.39 is 0 Å². The molecule has 0 aliphatic heterocycles. The van der Waals surface area contributed by atoms with E-state index in [1.807, 2.05) is 23.5 Å². The van der Waals surface area contributed by atoms with Crippen LogP contribution in [0.15, 0.2) is 168 Å². The van der Waals surface area contributed by atoms with Gasteiger partial charge >= 0.3 is 0 Å². The zero-order chi connectivity index (χ0) is 73.1. The molecule has 1 aromatic heterocycles. The molecule has 0 bridgehead atoms. The minimum atomic E-state index is -0.0647. The van der Waals surface area contributed by atoms with E-state index in [0.29, 0.717) is 5.92 Å². The Labute approximate surface area is 646 Å². The molecule has 1 unspecified atom stereocenters. The highest BCUT2D eigenvalue weighted by molar-refractivity contribution is 7.99. The number of unbranched alkanes of at least 4 members (excludes halogenated alkanes) is 19. The predicted octanol–water partition coefficient (Wildman–Crippen LogP) is 32.5. The fourth-order valence-electron chi connectivity index (χ4n) is 17.4. The highest BCUT2D eigenvalue weighted by Crippen LogP contribution is 2.59. The van der Waals surface area contributed by atoms with E-state index in [0.717, 1.165) is 6.54 Å². The molecular weight excluding hydrogens is 1300 g/mol. The van der Waals surface area contributed by atoms with Crippen LogP contribution in [0.2, 0.25) is 0 Å². The number of benzene rings is 8. The molecule has 1 heterocycles. The molecule has 8 aromatic carbocycles. The fourth-order valence-corrected chi connectivity index (χ4v) is 19.2. The molecule has 554 valence electrons. The van der Waals surface area contributed by atoms with Crippen molar-refractivity contribution in [3.05, 3.63) is 224 Å². The lowest BCUT2D eigenvalue weighted by Crippen LogP contribution is -2.26. The third-order valence-corrected chi connectivity index (χ3v) is 25.9. The van der Waals surface area contributed by atoms with E-state index in [-0.39, 0.29) is 10.8 Å². The van der Waals surface area contributed by atoms with Gasteiger partial charge in [-0.3, -0.25) is 0 Å². The second-order valence-corrected chi connectivity index (χ2v) is 33.8. The molecular formula is C102H129NS2. The predicted molar refractivity (Wildman–Crippen MR) is 471 cm³/mol. The van der Waals surface area contributed by atoms with Gasteiger partial charge in [0.15, 0.2) is 0 Å². The van der Waals surface area contributed by atoms with E-state index in [9.17, 15) is 0 Å². The Morgan fingerprint density at radius 2 is 0.571 bits per heavy atom. The molecule has 2 aliphatic carbocycles. The normalized spacial score (nSPS) is 13.9. The van der Waals surface area contributed by atoms with Crippen molar-refractivity contribution in [2.75, 3.05) is 11.5 Å². The summed E-state index contributed by atoms with van der Waals surface area (Å²) in [4.78, 5) is 2.74. The molecule has 0 saturated carbocycles. The Kier molecular flexibility index (Phi) is 30.9. The number of thioether (sulfide) groups is 2. The van der Waals surface area contributed by atoms with Crippen LogP contribution in [0.25, 0.3) is 92.7 Å². The van der Waals surface area contributed by atoms with Crippen molar-refractivity contribution in [1.29, 1.82) is 0 Å². The van der Waals surface area contributed by atoms with Gasteiger partial charge in [0.05, 0.1) is 0 Å². The second kappa shape index (κ2) is 41.0. The van der Waals surface area contributed by atoms with Crippen molar-refractivity contribution < 1.29 is 0 Å². The highest BCUT2D eigenvalue weighted by atomic mass is 32.2. The molecule has 9 aromatic rings. The van der Waals surface area contributed by atoms with Crippen molar-refractivity contribution in [1.82, 2.24) is 4.57 Å². The van der Waals surface area contributed by atoms with Gasteiger partial charge in [-0.1, -0.05) is 374 Å². The van der Waals surface area contributed by atoms with Crippen molar-refractivity contribution in [2.45, 2.75) is 288 Å². The second-order valence-electron chi connectivity index (χ2n) is 31.5. The van der Waals surface area contributed by atoms with Crippen LogP contribution in [0, 0.1) is 5.92 Å². The molecule has 0 spiro atoms. The SMILES string of the molecule is CCCCCCSc1ccc(/C=C/c2ccc(/C=C/c3ccc4c(c3)C(CCCCCC)(CCCCCC)c3cc5c6cc7c(cc6n(CC(CC)CCCC)c5cc3-4)-c3ccc(/C=C/c4ccc(/C=C/c5ccc(SCCCCCC)cc5)cc4)cc3C7(CCCCCC)CCCCCC)cc2)cc1. The summed E-state index contributed by atoms with van der Waals surface area (Å²) < 4.78 is 2.86. The Hall–Kier alpha value is -6.78. The van der Waals surface area contributed by atoms with Gasteiger partial charge in [0.2, 0.25) is 0 Å². The van der Waals surface area contributed by atoms with Crippen LogP contribution in [0.3, 0.4) is 0 Å². The first-order valence-corrected chi connectivity index (χ1v) is 44.5. The van der Waals surface area contributed by atoms with Crippen LogP contribution in [0.4, 0.5) is 0 Å². The summed E-state index contributed by atoms with van der Waals surface area (Å²) in [6, 6.07) is 62.9. The van der Waals surface area contributed by atoms with Crippen molar-refractivity contribution >= 4 is 93.9 Å². The molecule has 0 fully saturated rings. The first kappa shape index (κ1) is 79.3. The maximum Gasteiger partial charge on any atom is 0.0497 e. The minimum Gasteiger partial charge on any atom is -0.340 e. The maximum atomic E-state index is 2.86. The summed E-state index contributed by atoms with van der Waals surface area (Å²) in [5.41, 5.74) is 25.1. The summed E-state index contributed by atoms with van der Waals surface area (Å²) in [5.74, 6) is 3.02. The highest BCUT2D eigenvalue weighted by Gasteiger charge is 2.45. The fraction of sp³-hybridized carbons (Fsp3) is 0.451. The third-order valence-electron chi connectivity index (χ3n) is 23.7. The molecule has 2 aliphatic rings. The summed E-state index contributed by atoms with van der Waals surface area (Å²) in [7, 11) is 0. The molecule has 3 heteroatoms. The lowest BCUT2D eigenvalue weighted by atomic mass is 9.69. The number of aromatic nitrogens is 1. The van der Waals surface area contributed by atoms with E-state index in [1.165, 1.54) is 315 Å². The van der Waals surface area contributed by atoms with Gasteiger partial charge in [-0.05, 0) is 200 Å². The van der Waals surface area contributed by atoms with Crippen molar-refractivity contribution in [3.63, 3.8) is 0 Å². The van der Waals surface area contributed by atoms with Crippen LogP contribution in [-0.2, 0) is 17.4 Å². The van der Waals surface area contributed by atoms with Crippen LogP contribution in [0.1, 0.15) is 328 Å². The van der Waals surface area contributed by atoms with Crippen LogP contribution < -0.4 is 0 Å². The van der Waals surface area contributed by atoms with Gasteiger partial charge in [0.1, 0.15) is 0 Å². The topological polar surface area (TPSA) is 4.93 Å². The summed E-state index contributed by atoms with van der Waals surface area (Å²) in [5, 5.41) is 2.97. The number of rotatable bonds is 46. The quantitative estimate of drug-likeness (QED) is 0.0213. The standard InChI is InChI=1S/C102H129NS2/c1-9-17-24-30-65-101(66-31-25-18-10-2)95-71-85(51-49-81-41-37-79(38-42-81)45-47-83-53-59-87(60-54-83)104-69-34-28-21-13-5)57-63-89(95)91-75-99-93(73-97(91)101)94-74-98-92(76-100(94)103(99)77-78(16-8)36-23-15-7)90-64-58-86(72-96(90)102(98,67-32-26-19-11-3)68-33-27-20-12-4)52-50-82-43-39-80(40-44-82)46-48-84-55-61-88(62-56-84)105-70-35-29-22-14-6/h37-64,71-76,78H,9-36,65-70,77H2,1-8H3/b47-45+,48-46+,51-49+,52-50+. The smallest absolute Gasteiger partial charge is 0.0497 e. The molecule has 0 radical (unpaired) electrons. The van der Waals surface area contributed by atoms with Gasteiger partial charge in [-0.2, -0.15) is 0 Å². The minimum absolute atomic E-state index is 0.0647. The lowest BCUT2D eigenvalue weighted by Gasteiger charge is -2.33. The Morgan fingerprint density at radius 3 is 0.886 bits per heavy atom.